The Morgan fingerprint density at radius 3 is 2.18 bits per heavy atom. The Labute approximate surface area is 167 Å². The summed E-state index contributed by atoms with van der Waals surface area (Å²) in [4.78, 5) is 12.2. The minimum absolute atomic E-state index is 0.206. The molecule has 0 unspecified atom stereocenters. The van der Waals surface area contributed by atoms with E-state index in [2.05, 4.69) is 24.4 Å². The molecule has 0 saturated carbocycles. The molecule has 2 rings (SSSR count). The Balaban J connectivity index is 1.83. The minimum Gasteiger partial charge on any atom is -0.494 e. The molecule has 0 aliphatic heterocycles. The molecule has 0 fully saturated rings. The van der Waals surface area contributed by atoms with E-state index in [-0.39, 0.29) is 5.91 Å². The fourth-order valence-electron chi connectivity index (χ4n) is 2.48. The van der Waals surface area contributed by atoms with Crippen molar-refractivity contribution in [3.05, 3.63) is 59.7 Å². The van der Waals surface area contributed by atoms with Gasteiger partial charge in [-0.1, -0.05) is 26.0 Å². The van der Waals surface area contributed by atoms with Crippen LogP contribution < -0.4 is 14.9 Å². The van der Waals surface area contributed by atoms with Crippen LogP contribution in [0.2, 0.25) is 0 Å². The molecule has 0 bridgehead atoms. The van der Waals surface area contributed by atoms with Crippen molar-refractivity contribution in [3.8, 4) is 11.5 Å². The smallest absolute Gasteiger partial charge is 0.271 e. The predicted octanol–water partition coefficient (Wildman–Crippen LogP) is 5.21. The number of hydrazone groups is 1. The van der Waals surface area contributed by atoms with E-state index in [4.69, 9.17) is 9.47 Å². The van der Waals surface area contributed by atoms with Crippen LogP contribution in [0.5, 0.6) is 11.5 Å². The maximum atomic E-state index is 12.2. The summed E-state index contributed by atoms with van der Waals surface area (Å²) in [5.74, 6) is 2.02. The van der Waals surface area contributed by atoms with Gasteiger partial charge in [0.25, 0.3) is 5.91 Å². The lowest BCUT2D eigenvalue weighted by Gasteiger charge is -2.08. The standard InChI is InChI=1S/C23H30N2O3/c1-5-27-21-12-14-22(15-13-21)28-16-19-8-10-20(11-9-19)23(26)25-24-18(4)7-6-17(2)3/h8-15,17H,5-7,16H2,1-4H3,(H,25,26). The monoisotopic (exact) mass is 382 g/mol. The van der Waals surface area contributed by atoms with Crippen molar-refractivity contribution >= 4 is 11.6 Å². The second-order valence-corrected chi connectivity index (χ2v) is 7.11. The molecule has 0 spiro atoms. The third-order valence-electron chi connectivity index (χ3n) is 4.19. The number of carbonyl (C=O) groups excluding carboxylic acids is 1. The average Bonchev–Trinajstić information content (AvgIpc) is 2.70. The topological polar surface area (TPSA) is 59.9 Å². The molecule has 0 atom stereocenters. The molecule has 5 nitrogen and oxygen atoms in total. The first kappa shape index (κ1) is 21.5. The summed E-state index contributed by atoms with van der Waals surface area (Å²) in [6, 6.07) is 14.9. The molecule has 0 aromatic heterocycles. The molecule has 1 N–H and O–H groups in total. The Morgan fingerprint density at radius 1 is 1.00 bits per heavy atom. The van der Waals surface area contributed by atoms with Crippen molar-refractivity contribution in [2.75, 3.05) is 6.61 Å². The lowest BCUT2D eigenvalue weighted by atomic mass is 10.1. The second kappa shape index (κ2) is 11.1. The van der Waals surface area contributed by atoms with Gasteiger partial charge in [-0.25, -0.2) is 5.43 Å². The van der Waals surface area contributed by atoms with Gasteiger partial charge in [-0.05, 0) is 74.6 Å². The molecule has 150 valence electrons. The Kier molecular flexibility index (Phi) is 8.53. The lowest BCUT2D eigenvalue weighted by Crippen LogP contribution is -2.19. The van der Waals surface area contributed by atoms with Gasteiger partial charge in [0.2, 0.25) is 0 Å². The van der Waals surface area contributed by atoms with E-state index < -0.39 is 0 Å². The van der Waals surface area contributed by atoms with E-state index in [1.54, 1.807) is 12.1 Å². The zero-order valence-electron chi connectivity index (χ0n) is 17.2. The summed E-state index contributed by atoms with van der Waals surface area (Å²) >= 11 is 0. The molecule has 2 aromatic rings. The molecule has 5 heteroatoms. The third-order valence-corrected chi connectivity index (χ3v) is 4.19. The van der Waals surface area contributed by atoms with E-state index >= 15 is 0 Å². The summed E-state index contributed by atoms with van der Waals surface area (Å²) in [5.41, 5.74) is 5.12. The molecule has 2 aromatic carbocycles. The van der Waals surface area contributed by atoms with Crippen molar-refractivity contribution in [1.29, 1.82) is 0 Å². The summed E-state index contributed by atoms with van der Waals surface area (Å²) < 4.78 is 11.2. The summed E-state index contributed by atoms with van der Waals surface area (Å²) in [6.45, 7) is 9.31. The van der Waals surface area contributed by atoms with E-state index in [1.807, 2.05) is 50.2 Å². The van der Waals surface area contributed by atoms with E-state index in [0.29, 0.717) is 24.7 Å². The van der Waals surface area contributed by atoms with Gasteiger partial charge < -0.3 is 9.47 Å². The van der Waals surface area contributed by atoms with Crippen LogP contribution in [-0.4, -0.2) is 18.2 Å². The van der Waals surface area contributed by atoms with Crippen molar-refractivity contribution < 1.29 is 14.3 Å². The largest absolute Gasteiger partial charge is 0.494 e. The first-order chi connectivity index (χ1) is 13.5. The average molecular weight is 383 g/mol. The highest BCUT2D eigenvalue weighted by molar-refractivity contribution is 5.95. The number of nitrogens with one attached hydrogen (secondary N) is 1. The van der Waals surface area contributed by atoms with Gasteiger partial charge in [0.1, 0.15) is 18.1 Å². The normalized spacial score (nSPS) is 11.4. The molecular weight excluding hydrogens is 352 g/mol. The molecular formula is C23H30N2O3. The van der Waals surface area contributed by atoms with Gasteiger partial charge in [-0.2, -0.15) is 5.10 Å². The molecule has 28 heavy (non-hydrogen) atoms. The first-order valence-corrected chi connectivity index (χ1v) is 9.76. The molecule has 0 heterocycles. The van der Waals surface area contributed by atoms with Crippen LogP contribution in [0.15, 0.2) is 53.6 Å². The molecule has 0 aliphatic carbocycles. The van der Waals surface area contributed by atoms with Gasteiger partial charge >= 0.3 is 0 Å². The van der Waals surface area contributed by atoms with Gasteiger partial charge in [0.15, 0.2) is 0 Å². The number of benzene rings is 2. The molecule has 0 aliphatic rings. The van der Waals surface area contributed by atoms with Gasteiger partial charge in [-0.15, -0.1) is 0 Å². The SMILES string of the molecule is CCOc1ccc(OCc2ccc(C(=O)NN=C(C)CCC(C)C)cc2)cc1. The number of ether oxygens (including phenoxy) is 2. The summed E-state index contributed by atoms with van der Waals surface area (Å²) in [5, 5.41) is 4.17. The zero-order chi connectivity index (χ0) is 20.4. The van der Waals surface area contributed by atoms with Crippen molar-refractivity contribution in [1.82, 2.24) is 5.43 Å². The van der Waals surface area contributed by atoms with Crippen LogP contribution >= 0.6 is 0 Å². The highest BCUT2D eigenvalue weighted by Gasteiger charge is 2.05. The van der Waals surface area contributed by atoms with Crippen LogP contribution in [0.1, 0.15) is 56.5 Å². The van der Waals surface area contributed by atoms with Crippen LogP contribution in [-0.2, 0) is 6.61 Å². The number of amides is 1. The van der Waals surface area contributed by atoms with Crippen LogP contribution in [0, 0.1) is 5.92 Å². The number of carbonyl (C=O) groups is 1. The summed E-state index contributed by atoms with van der Waals surface area (Å²) in [7, 11) is 0. The minimum atomic E-state index is -0.206. The maximum Gasteiger partial charge on any atom is 0.271 e. The first-order valence-electron chi connectivity index (χ1n) is 9.76. The number of nitrogens with zero attached hydrogens (tertiary/aromatic N) is 1. The lowest BCUT2D eigenvalue weighted by molar-refractivity contribution is 0.0954. The Bertz CT molecular complexity index is 765. The van der Waals surface area contributed by atoms with Crippen molar-refractivity contribution in [3.63, 3.8) is 0 Å². The van der Waals surface area contributed by atoms with Gasteiger partial charge in [0, 0.05) is 11.3 Å². The highest BCUT2D eigenvalue weighted by Crippen LogP contribution is 2.18. The summed E-state index contributed by atoms with van der Waals surface area (Å²) in [6.07, 6.45) is 1.95. The fraction of sp³-hybridized carbons (Fsp3) is 0.391. The fourth-order valence-corrected chi connectivity index (χ4v) is 2.48. The molecule has 1 amide bonds. The zero-order valence-corrected chi connectivity index (χ0v) is 17.2. The Hall–Kier alpha value is -2.82. The predicted molar refractivity (Wildman–Crippen MR) is 113 cm³/mol. The highest BCUT2D eigenvalue weighted by atomic mass is 16.5. The molecule has 0 radical (unpaired) electrons. The van der Waals surface area contributed by atoms with Crippen LogP contribution in [0.4, 0.5) is 0 Å². The van der Waals surface area contributed by atoms with Crippen molar-refractivity contribution in [2.45, 2.75) is 47.1 Å². The number of hydrogen-bond acceptors (Lipinski definition) is 4. The number of rotatable bonds is 10. The van der Waals surface area contributed by atoms with Gasteiger partial charge in [0.05, 0.1) is 6.61 Å². The number of hydrogen-bond donors (Lipinski definition) is 1. The van der Waals surface area contributed by atoms with Crippen LogP contribution in [0.25, 0.3) is 0 Å². The van der Waals surface area contributed by atoms with E-state index in [0.717, 1.165) is 35.6 Å². The van der Waals surface area contributed by atoms with E-state index in [1.165, 1.54) is 0 Å². The third kappa shape index (κ3) is 7.43. The quantitative estimate of drug-likeness (QED) is 0.453. The maximum absolute atomic E-state index is 12.2. The van der Waals surface area contributed by atoms with Gasteiger partial charge in [-0.3, -0.25) is 4.79 Å². The van der Waals surface area contributed by atoms with Crippen molar-refractivity contribution in [2.24, 2.45) is 11.0 Å². The Morgan fingerprint density at radius 2 is 1.61 bits per heavy atom. The second-order valence-electron chi connectivity index (χ2n) is 7.11. The van der Waals surface area contributed by atoms with Crippen LogP contribution in [0.3, 0.4) is 0 Å². The van der Waals surface area contributed by atoms with E-state index in [9.17, 15) is 4.79 Å². The molecule has 0 saturated heterocycles.